The van der Waals surface area contributed by atoms with Crippen LogP contribution >= 0.6 is 0 Å². The molecule has 0 radical (unpaired) electrons. The Morgan fingerprint density at radius 1 is 1.12 bits per heavy atom. The van der Waals surface area contributed by atoms with Gasteiger partial charge in [-0.1, -0.05) is 24.3 Å². The molecule has 0 heterocycles. The molecule has 0 aliphatic heterocycles. The molecule has 140 valence electrons. The van der Waals surface area contributed by atoms with Crippen molar-refractivity contribution >= 4 is 15.9 Å². The number of nitrogens with zero attached hydrogens (tertiary/aromatic N) is 1. The van der Waals surface area contributed by atoms with Crippen molar-refractivity contribution in [1.82, 2.24) is 9.62 Å². The largest absolute Gasteiger partial charge is 0.395 e. The molecule has 0 bridgehead atoms. The minimum atomic E-state index is -3.89. The molecule has 0 aliphatic rings. The third-order valence-electron chi connectivity index (χ3n) is 3.70. The fraction of sp³-hybridized carbons (Fsp3) is 0.235. The number of carbonyl (C=O) groups excluding carboxylic acids is 1. The number of likely N-dealkylation sites (N-methyl/N-ethyl adjacent to an activating group) is 1. The molecular weight excluding hydrogens is 366 g/mol. The lowest BCUT2D eigenvalue weighted by Crippen LogP contribution is -2.31. The summed E-state index contributed by atoms with van der Waals surface area (Å²) in [7, 11) is -2.57. The zero-order valence-electron chi connectivity index (χ0n) is 13.9. The zero-order chi connectivity index (χ0) is 19.3. The van der Waals surface area contributed by atoms with Gasteiger partial charge in [0.05, 0.1) is 11.5 Å². The Morgan fingerprint density at radius 3 is 2.35 bits per heavy atom. The van der Waals surface area contributed by atoms with Gasteiger partial charge >= 0.3 is 0 Å². The highest BCUT2D eigenvalue weighted by Gasteiger charge is 2.24. The molecule has 9 heteroatoms. The van der Waals surface area contributed by atoms with Gasteiger partial charge in [-0.3, -0.25) is 4.79 Å². The zero-order valence-corrected chi connectivity index (χ0v) is 14.8. The molecule has 0 saturated heterocycles. The maximum Gasteiger partial charge on any atom is 0.257 e. The molecule has 2 aromatic rings. The van der Waals surface area contributed by atoms with Crippen LogP contribution in [0.5, 0.6) is 0 Å². The first-order valence-corrected chi connectivity index (χ1v) is 9.10. The Bertz CT molecular complexity index is 883. The van der Waals surface area contributed by atoms with Crippen LogP contribution in [0.4, 0.5) is 8.78 Å². The van der Waals surface area contributed by atoms with Crippen LogP contribution in [-0.2, 0) is 16.6 Å². The Morgan fingerprint density at radius 2 is 1.73 bits per heavy atom. The summed E-state index contributed by atoms with van der Waals surface area (Å²) in [6.45, 7) is -0.681. The molecule has 26 heavy (non-hydrogen) atoms. The average Bonchev–Trinajstić information content (AvgIpc) is 2.60. The van der Waals surface area contributed by atoms with Gasteiger partial charge in [0.15, 0.2) is 0 Å². The van der Waals surface area contributed by atoms with E-state index in [9.17, 15) is 22.0 Å². The number of nitrogens with one attached hydrogen (secondary N) is 1. The predicted molar refractivity (Wildman–Crippen MR) is 90.9 cm³/mol. The monoisotopic (exact) mass is 384 g/mol. The third-order valence-corrected chi connectivity index (χ3v) is 5.66. The van der Waals surface area contributed by atoms with E-state index in [1.54, 1.807) is 6.07 Å². The van der Waals surface area contributed by atoms with Gasteiger partial charge in [-0.15, -0.1) is 0 Å². The smallest absolute Gasteiger partial charge is 0.257 e. The number of sulfonamides is 1. The summed E-state index contributed by atoms with van der Waals surface area (Å²) in [5, 5.41) is 11.3. The number of hydrogen-bond donors (Lipinski definition) is 2. The van der Waals surface area contributed by atoms with E-state index in [1.807, 2.05) is 0 Å². The van der Waals surface area contributed by atoms with Gasteiger partial charge < -0.3 is 10.4 Å². The molecule has 2 aromatic carbocycles. The van der Waals surface area contributed by atoms with Gasteiger partial charge in [0.2, 0.25) is 10.0 Å². The summed E-state index contributed by atoms with van der Waals surface area (Å²) >= 11 is 0. The fourth-order valence-corrected chi connectivity index (χ4v) is 3.69. The van der Waals surface area contributed by atoms with Gasteiger partial charge in [0, 0.05) is 20.1 Å². The first-order valence-electron chi connectivity index (χ1n) is 7.66. The van der Waals surface area contributed by atoms with Crippen molar-refractivity contribution in [2.24, 2.45) is 0 Å². The Balaban J connectivity index is 2.25. The second-order valence-electron chi connectivity index (χ2n) is 5.44. The maximum atomic E-state index is 13.7. The highest BCUT2D eigenvalue weighted by atomic mass is 32.2. The van der Waals surface area contributed by atoms with Gasteiger partial charge in [0.1, 0.15) is 17.2 Å². The maximum absolute atomic E-state index is 13.7. The van der Waals surface area contributed by atoms with Crippen molar-refractivity contribution in [3.8, 4) is 0 Å². The normalized spacial score (nSPS) is 11.6. The molecular formula is C17H18F2N2O4S. The van der Waals surface area contributed by atoms with E-state index >= 15 is 0 Å². The first-order chi connectivity index (χ1) is 12.3. The van der Waals surface area contributed by atoms with Gasteiger partial charge in [0.25, 0.3) is 5.91 Å². The molecule has 0 atom stereocenters. The van der Waals surface area contributed by atoms with E-state index in [1.165, 1.54) is 25.2 Å². The Labute approximate surface area is 150 Å². The minimum absolute atomic E-state index is 0.0646. The summed E-state index contributed by atoms with van der Waals surface area (Å²) in [5.41, 5.74) is -0.479. The van der Waals surface area contributed by atoms with Crippen LogP contribution in [0.1, 0.15) is 15.9 Å². The average molecular weight is 384 g/mol. The lowest BCUT2D eigenvalue weighted by atomic mass is 10.1. The molecule has 0 fully saturated rings. The molecule has 1 amide bonds. The van der Waals surface area contributed by atoms with Crippen LogP contribution < -0.4 is 5.32 Å². The minimum Gasteiger partial charge on any atom is -0.395 e. The van der Waals surface area contributed by atoms with Gasteiger partial charge in [-0.05, 0) is 23.8 Å². The van der Waals surface area contributed by atoms with Crippen LogP contribution in [0.2, 0.25) is 0 Å². The molecule has 2 rings (SSSR count). The summed E-state index contributed by atoms with van der Waals surface area (Å²) < 4.78 is 53.4. The molecule has 0 aliphatic carbocycles. The van der Waals surface area contributed by atoms with Crippen LogP contribution in [0.3, 0.4) is 0 Å². The van der Waals surface area contributed by atoms with E-state index in [0.29, 0.717) is 0 Å². The SMILES string of the molecule is CN(CCO)S(=O)(=O)c1ccccc1CNC(=O)c1c(F)cccc1F. The number of amides is 1. The Kier molecular flexibility index (Phi) is 6.41. The van der Waals surface area contributed by atoms with Gasteiger partial charge in [-0.2, -0.15) is 4.31 Å². The topological polar surface area (TPSA) is 86.7 Å². The summed E-state index contributed by atoms with van der Waals surface area (Å²) in [6.07, 6.45) is 0. The quantitative estimate of drug-likeness (QED) is 0.758. The molecule has 0 saturated carbocycles. The molecule has 0 spiro atoms. The standard InChI is InChI=1S/C17H18F2N2O4S/c1-21(9-10-22)26(24,25)15-8-3-2-5-12(15)11-20-17(23)16-13(18)6-4-7-14(16)19/h2-8,22H,9-11H2,1H3,(H,20,23). The first kappa shape index (κ1) is 20.0. The van der Waals surface area contributed by atoms with Crippen molar-refractivity contribution < 1.29 is 27.1 Å². The highest BCUT2D eigenvalue weighted by Crippen LogP contribution is 2.19. The predicted octanol–water partition coefficient (Wildman–Crippen LogP) is 1.51. The third kappa shape index (κ3) is 4.24. The second kappa shape index (κ2) is 8.35. The van der Waals surface area contributed by atoms with Crippen LogP contribution in [0.25, 0.3) is 0 Å². The number of benzene rings is 2. The van der Waals surface area contributed by atoms with Crippen molar-refractivity contribution in [1.29, 1.82) is 0 Å². The van der Waals surface area contributed by atoms with Crippen molar-refractivity contribution in [2.75, 3.05) is 20.2 Å². The lowest BCUT2D eigenvalue weighted by Gasteiger charge is -2.18. The number of aliphatic hydroxyl groups excluding tert-OH is 1. The summed E-state index contributed by atoms with van der Waals surface area (Å²) in [4.78, 5) is 12.0. The van der Waals surface area contributed by atoms with E-state index < -0.39 is 33.1 Å². The molecule has 6 nitrogen and oxygen atoms in total. The Hall–Kier alpha value is -2.36. The van der Waals surface area contributed by atoms with Crippen LogP contribution in [-0.4, -0.2) is 43.9 Å². The van der Waals surface area contributed by atoms with E-state index in [2.05, 4.69) is 5.32 Å². The van der Waals surface area contributed by atoms with E-state index in [-0.39, 0.29) is 30.2 Å². The summed E-state index contributed by atoms with van der Waals surface area (Å²) in [5.74, 6) is -3.01. The van der Waals surface area contributed by atoms with Crippen LogP contribution in [0, 0.1) is 11.6 Å². The number of halogens is 2. The van der Waals surface area contributed by atoms with Crippen LogP contribution in [0.15, 0.2) is 47.4 Å². The fourth-order valence-electron chi connectivity index (χ4n) is 2.31. The van der Waals surface area contributed by atoms with Crippen molar-refractivity contribution in [2.45, 2.75) is 11.4 Å². The van der Waals surface area contributed by atoms with Gasteiger partial charge in [-0.25, -0.2) is 17.2 Å². The van der Waals surface area contributed by atoms with E-state index in [0.717, 1.165) is 22.5 Å². The van der Waals surface area contributed by atoms with Crippen molar-refractivity contribution in [3.63, 3.8) is 0 Å². The second-order valence-corrected chi connectivity index (χ2v) is 7.45. The number of hydrogen-bond acceptors (Lipinski definition) is 4. The molecule has 0 aromatic heterocycles. The molecule has 2 N–H and O–H groups in total. The lowest BCUT2D eigenvalue weighted by molar-refractivity contribution is 0.0942. The number of carbonyl (C=O) groups is 1. The van der Waals surface area contributed by atoms with E-state index in [4.69, 9.17) is 5.11 Å². The summed E-state index contributed by atoms with van der Waals surface area (Å²) in [6, 6.07) is 8.99. The number of aliphatic hydroxyl groups is 1. The number of rotatable bonds is 7. The molecule has 0 unspecified atom stereocenters. The highest BCUT2D eigenvalue weighted by molar-refractivity contribution is 7.89. The van der Waals surface area contributed by atoms with Crippen molar-refractivity contribution in [3.05, 3.63) is 65.2 Å².